The zero-order chi connectivity index (χ0) is 26.4. The molecule has 200 valence electrons. The van der Waals surface area contributed by atoms with Crippen LogP contribution in [0.4, 0.5) is 5.82 Å². The van der Waals surface area contributed by atoms with Crippen molar-refractivity contribution in [3.05, 3.63) is 71.4 Å². The van der Waals surface area contributed by atoms with Gasteiger partial charge in [0.1, 0.15) is 36.4 Å². The van der Waals surface area contributed by atoms with Crippen molar-refractivity contribution in [3.63, 3.8) is 0 Å². The summed E-state index contributed by atoms with van der Waals surface area (Å²) in [5.74, 6) is 2.19. The molecule has 4 aliphatic heterocycles. The number of hydrazone groups is 1. The van der Waals surface area contributed by atoms with Gasteiger partial charge in [0.05, 0.1) is 19.1 Å². The van der Waals surface area contributed by atoms with Crippen molar-refractivity contribution in [1.29, 1.82) is 5.26 Å². The molecule has 0 spiro atoms. The van der Waals surface area contributed by atoms with Crippen molar-refractivity contribution in [3.8, 4) is 11.9 Å². The van der Waals surface area contributed by atoms with E-state index in [1.807, 2.05) is 30.6 Å². The largest absolute Gasteiger partial charge is 0.486 e. The lowest BCUT2D eigenvalue weighted by Crippen LogP contribution is -2.38. The summed E-state index contributed by atoms with van der Waals surface area (Å²) in [5, 5.41) is 14.1. The number of piperidine rings is 1. The minimum absolute atomic E-state index is 0.158. The number of hydrogen-bond acceptors (Lipinski definition) is 9. The standard InChI is InChI=1S/C29H32N7O3/c30-18-23-20-33-36-21-25(38-16-13-34-11-14-37-15-12-34)17-26(29(23)36)22-4-5-27(32-19-22)35-9-6-24(7-10-35)39-28-3-1-2-8-31-28/h1-5,8,17,19-21,24,26H,6-7,9-16H2/q+1. The van der Waals surface area contributed by atoms with Crippen LogP contribution >= 0.6 is 0 Å². The Morgan fingerprint density at radius 2 is 1.95 bits per heavy atom. The van der Waals surface area contributed by atoms with E-state index in [-0.39, 0.29) is 12.0 Å². The van der Waals surface area contributed by atoms with E-state index in [0.717, 1.165) is 81.6 Å². The molecular formula is C29H32N7O3+. The van der Waals surface area contributed by atoms with Gasteiger partial charge in [0, 0.05) is 64.0 Å². The topological polar surface area (TPSA) is 99.1 Å². The van der Waals surface area contributed by atoms with E-state index in [1.54, 1.807) is 17.1 Å². The monoisotopic (exact) mass is 526 g/mol. The highest BCUT2D eigenvalue weighted by molar-refractivity contribution is 5.87. The Bertz CT molecular complexity index is 1320. The fourth-order valence-corrected chi connectivity index (χ4v) is 5.29. The molecule has 2 saturated heterocycles. The van der Waals surface area contributed by atoms with E-state index in [4.69, 9.17) is 19.2 Å². The molecule has 6 rings (SSSR count). The molecule has 0 aliphatic carbocycles. The number of morpholine rings is 1. The third-order valence-electron chi connectivity index (χ3n) is 7.43. The molecule has 0 amide bonds. The van der Waals surface area contributed by atoms with Gasteiger partial charge in [-0.1, -0.05) is 16.8 Å². The number of hydrogen-bond donors (Lipinski definition) is 0. The van der Waals surface area contributed by atoms with Crippen molar-refractivity contribution in [2.45, 2.75) is 24.9 Å². The Labute approximate surface area is 228 Å². The molecule has 10 nitrogen and oxygen atoms in total. The van der Waals surface area contributed by atoms with Crippen LogP contribution in [0.2, 0.25) is 0 Å². The highest BCUT2D eigenvalue weighted by Gasteiger charge is 2.37. The Hall–Kier alpha value is -4.07. The first kappa shape index (κ1) is 25.2. The molecule has 1 atom stereocenters. The zero-order valence-electron chi connectivity index (χ0n) is 21.9. The third-order valence-corrected chi connectivity index (χ3v) is 7.43. The molecule has 0 N–H and O–H groups in total. The average molecular weight is 527 g/mol. The van der Waals surface area contributed by atoms with Gasteiger partial charge in [-0.25, -0.2) is 9.97 Å². The first-order chi connectivity index (χ1) is 19.3. The number of allylic oxidation sites excluding steroid dienone is 3. The van der Waals surface area contributed by atoms with Gasteiger partial charge < -0.3 is 19.1 Å². The van der Waals surface area contributed by atoms with Crippen LogP contribution in [-0.4, -0.2) is 90.6 Å². The normalized spacial score (nSPS) is 21.7. The summed E-state index contributed by atoms with van der Waals surface area (Å²) in [4.78, 5) is 13.7. The summed E-state index contributed by atoms with van der Waals surface area (Å²) in [6, 6.07) is 12.2. The molecule has 0 saturated carbocycles. The second kappa shape index (κ2) is 11.8. The minimum Gasteiger partial charge on any atom is -0.486 e. The van der Waals surface area contributed by atoms with Gasteiger partial charge >= 0.3 is 0 Å². The lowest BCUT2D eigenvalue weighted by Gasteiger charge is -2.32. The number of ether oxygens (including phenoxy) is 3. The SMILES string of the molecule is N#CC1=C2C(c3ccc(N4CCC(Oc5ccccn5)CC4)nc3)C=C(OCCN3CCOCC3)C=[N+]2N=C1. The van der Waals surface area contributed by atoms with E-state index in [9.17, 15) is 5.26 Å². The second-order valence-corrected chi connectivity index (χ2v) is 9.90. The van der Waals surface area contributed by atoms with Crippen LogP contribution in [0.1, 0.15) is 24.3 Å². The molecule has 1 unspecified atom stereocenters. The fourth-order valence-electron chi connectivity index (χ4n) is 5.29. The van der Waals surface area contributed by atoms with E-state index in [0.29, 0.717) is 18.1 Å². The molecule has 0 bridgehead atoms. The third kappa shape index (κ3) is 5.85. The number of anilines is 1. The Balaban J connectivity index is 1.11. The van der Waals surface area contributed by atoms with Gasteiger partial charge in [-0.2, -0.15) is 5.26 Å². The molecule has 0 aromatic carbocycles. The number of nitrogens with zero attached hydrogens (tertiary/aromatic N) is 7. The summed E-state index contributed by atoms with van der Waals surface area (Å²) >= 11 is 0. The smallest absolute Gasteiger partial charge is 0.245 e. The number of pyridine rings is 2. The number of nitriles is 1. The van der Waals surface area contributed by atoms with Crippen molar-refractivity contribution in [2.24, 2.45) is 5.10 Å². The summed E-state index contributed by atoms with van der Waals surface area (Å²) < 4.78 is 19.4. The number of fused-ring (bicyclic) bond motifs is 1. The fraction of sp³-hybridized carbons (Fsp3) is 0.414. The molecule has 2 aromatic heterocycles. The van der Waals surface area contributed by atoms with Crippen LogP contribution < -0.4 is 9.64 Å². The zero-order valence-corrected chi connectivity index (χ0v) is 21.9. The minimum atomic E-state index is -0.176. The van der Waals surface area contributed by atoms with Gasteiger partial charge in [-0.15, -0.1) is 0 Å². The highest BCUT2D eigenvalue weighted by atomic mass is 16.5. The average Bonchev–Trinajstić information content (AvgIpc) is 3.42. The van der Waals surface area contributed by atoms with Gasteiger partial charge in [0.15, 0.2) is 5.76 Å². The Morgan fingerprint density at radius 1 is 1.08 bits per heavy atom. The predicted molar refractivity (Wildman–Crippen MR) is 146 cm³/mol. The number of rotatable bonds is 8. The van der Waals surface area contributed by atoms with E-state index < -0.39 is 0 Å². The Kier molecular flexibility index (Phi) is 7.61. The van der Waals surface area contributed by atoms with E-state index in [2.05, 4.69) is 44.2 Å². The summed E-state index contributed by atoms with van der Waals surface area (Å²) in [6.07, 6.45) is 11.2. The molecule has 2 aromatic rings. The van der Waals surface area contributed by atoms with Crippen LogP contribution in [0.25, 0.3) is 0 Å². The van der Waals surface area contributed by atoms with Crippen molar-refractivity contribution in [2.75, 3.05) is 57.4 Å². The summed E-state index contributed by atoms with van der Waals surface area (Å²) in [5.41, 5.74) is 2.38. The molecule has 6 heterocycles. The lowest BCUT2D eigenvalue weighted by atomic mass is 9.92. The van der Waals surface area contributed by atoms with Crippen molar-refractivity contribution < 1.29 is 18.9 Å². The van der Waals surface area contributed by atoms with Crippen molar-refractivity contribution >= 4 is 18.2 Å². The van der Waals surface area contributed by atoms with Gasteiger partial charge in [-0.05, 0) is 28.9 Å². The number of aromatic nitrogens is 2. The lowest BCUT2D eigenvalue weighted by molar-refractivity contribution is -0.478. The molecular weight excluding hydrogens is 494 g/mol. The van der Waals surface area contributed by atoms with Crippen LogP contribution in [0.5, 0.6) is 5.88 Å². The quantitative estimate of drug-likeness (QED) is 0.485. The molecule has 10 heteroatoms. The van der Waals surface area contributed by atoms with Crippen LogP contribution in [0.3, 0.4) is 0 Å². The molecule has 0 radical (unpaired) electrons. The maximum absolute atomic E-state index is 9.71. The van der Waals surface area contributed by atoms with Crippen LogP contribution in [0, 0.1) is 11.3 Å². The van der Waals surface area contributed by atoms with E-state index in [1.165, 1.54) is 0 Å². The summed E-state index contributed by atoms with van der Waals surface area (Å²) in [6.45, 7) is 6.55. The maximum Gasteiger partial charge on any atom is 0.245 e. The second-order valence-electron chi connectivity index (χ2n) is 9.90. The highest BCUT2D eigenvalue weighted by Crippen LogP contribution is 2.35. The van der Waals surface area contributed by atoms with Crippen LogP contribution in [-0.2, 0) is 9.47 Å². The molecule has 39 heavy (non-hydrogen) atoms. The summed E-state index contributed by atoms with van der Waals surface area (Å²) in [7, 11) is 0. The maximum atomic E-state index is 9.71. The predicted octanol–water partition coefficient (Wildman–Crippen LogP) is 2.71. The van der Waals surface area contributed by atoms with Gasteiger partial charge in [0.25, 0.3) is 0 Å². The van der Waals surface area contributed by atoms with Gasteiger partial charge in [0.2, 0.25) is 17.8 Å². The van der Waals surface area contributed by atoms with Gasteiger partial charge in [-0.3, -0.25) is 4.90 Å². The first-order valence-corrected chi connectivity index (χ1v) is 13.5. The molecule has 2 fully saturated rings. The van der Waals surface area contributed by atoms with E-state index >= 15 is 0 Å². The van der Waals surface area contributed by atoms with Crippen molar-refractivity contribution in [1.82, 2.24) is 14.9 Å². The van der Waals surface area contributed by atoms with Crippen LogP contribution in [0.15, 0.2) is 70.9 Å². The Morgan fingerprint density at radius 3 is 2.69 bits per heavy atom. The molecule has 4 aliphatic rings. The first-order valence-electron chi connectivity index (χ1n) is 13.5.